The molecule has 0 radical (unpaired) electrons. The average Bonchev–Trinajstić information content (AvgIpc) is 3.49. The number of aryl methyl sites for hydroxylation is 1. The molecule has 34 heavy (non-hydrogen) atoms. The van der Waals surface area contributed by atoms with Crippen LogP contribution < -0.4 is 15.1 Å². The first-order valence-corrected chi connectivity index (χ1v) is 12.1. The minimum Gasteiger partial charge on any atom is -0.351 e. The second-order valence-corrected chi connectivity index (χ2v) is 9.25. The van der Waals surface area contributed by atoms with E-state index >= 15 is 0 Å². The number of nitrogens with zero attached hydrogens (tertiary/aromatic N) is 7. The summed E-state index contributed by atoms with van der Waals surface area (Å²) in [5, 5.41) is 11.7. The molecule has 5 rings (SSSR count). The van der Waals surface area contributed by atoms with Crippen molar-refractivity contribution in [1.29, 1.82) is 0 Å². The van der Waals surface area contributed by atoms with Crippen LogP contribution in [0, 0.1) is 6.92 Å². The predicted octanol–water partition coefficient (Wildman–Crippen LogP) is 3.32. The van der Waals surface area contributed by atoms with E-state index in [0.717, 1.165) is 47.8 Å². The fourth-order valence-corrected chi connectivity index (χ4v) is 5.28. The van der Waals surface area contributed by atoms with E-state index in [1.54, 1.807) is 4.90 Å². The first kappa shape index (κ1) is 22.5. The number of rotatable bonds is 6. The van der Waals surface area contributed by atoms with Crippen LogP contribution in [-0.2, 0) is 19.6 Å². The van der Waals surface area contributed by atoms with Gasteiger partial charge < -0.3 is 14.8 Å². The summed E-state index contributed by atoms with van der Waals surface area (Å²) < 4.78 is 2.02. The van der Waals surface area contributed by atoms with E-state index in [1.807, 2.05) is 42.8 Å². The summed E-state index contributed by atoms with van der Waals surface area (Å²) in [5.74, 6) is 3.03. The third-order valence-corrected chi connectivity index (χ3v) is 7.04. The number of hydrogen-bond acceptors (Lipinski definition) is 7. The molecule has 0 aliphatic carbocycles. The van der Waals surface area contributed by atoms with Gasteiger partial charge in [0.05, 0.1) is 17.8 Å². The molecule has 1 saturated heterocycles. The molecule has 178 valence electrons. The van der Waals surface area contributed by atoms with Gasteiger partial charge in [0.1, 0.15) is 23.2 Å². The zero-order valence-corrected chi connectivity index (χ0v) is 20.5. The van der Waals surface area contributed by atoms with E-state index < -0.39 is 0 Å². The molecule has 3 aromatic heterocycles. The van der Waals surface area contributed by atoms with Gasteiger partial charge in [0.15, 0.2) is 5.82 Å². The van der Waals surface area contributed by atoms with Crippen molar-refractivity contribution in [3.05, 3.63) is 46.9 Å². The maximum Gasteiger partial charge on any atom is 0.260 e. The van der Waals surface area contributed by atoms with E-state index in [1.165, 1.54) is 0 Å². The summed E-state index contributed by atoms with van der Waals surface area (Å²) in [6.45, 7) is 10.3. The quantitative estimate of drug-likeness (QED) is 0.603. The van der Waals surface area contributed by atoms with Crippen LogP contribution in [0.15, 0.2) is 24.3 Å². The fraction of sp³-hybridized carbons (Fsp3) is 0.480. The molecule has 0 aromatic carbocycles. The van der Waals surface area contributed by atoms with E-state index in [0.29, 0.717) is 42.5 Å². The predicted molar refractivity (Wildman–Crippen MR) is 132 cm³/mol. The van der Waals surface area contributed by atoms with Gasteiger partial charge in [-0.05, 0) is 65.8 Å². The SMILES string of the molecule is CCn1c(C)nnc1-c1cccc(N2Cc3c(cc(N4[C@H](C)CC[C@H]4C)nc3CNC)C2=O)n1. The van der Waals surface area contributed by atoms with Crippen molar-refractivity contribution in [1.82, 2.24) is 30.0 Å². The van der Waals surface area contributed by atoms with Gasteiger partial charge in [-0.15, -0.1) is 10.2 Å². The molecule has 1 amide bonds. The topological polar surface area (TPSA) is 92.1 Å². The zero-order valence-electron chi connectivity index (χ0n) is 20.5. The Hall–Kier alpha value is -3.33. The van der Waals surface area contributed by atoms with Crippen LogP contribution in [0.1, 0.15) is 61.1 Å². The van der Waals surface area contributed by atoms with Gasteiger partial charge in [-0.2, -0.15) is 0 Å². The Morgan fingerprint density at radius 1 is 1.09 bits per heavy atom. The largest absolute Gasteiger partial charge is 0.351 e. The molecule has 0 bridgehead atoms. The van der Waals surface area contributed by atoms with Gasteiger partial charge in [0.25, 0.3) is 5.91 Å². The fourth-order valence-electron chi connectivity index (χ4n) is 5.28. The molecule has 2 aliphatic rings. The zero-order chi connectivity index (χ0) is 24.0. The molecule has 5 heterocycles. The minimum absolute atomic E-state index is 0.0340. The number of hydrogen-bond donors (Lipinski definition) is 1. The van der Waals surface area contributed by atoms with E-state index in [2.05, 4.69) is 41.2 Å². The lowest BCUT2D eigenvalue weighted by Gasteiger charge is -2.28. The standard InChI is InChI=1S/C25H32N8O/c1-6-31-17(4)29-30-24(31)20-8-7-9-22(27-20)32-14-19-18(25(32)34)12-23(28-21(19)13-26-5)33-15(2)10-11-16(33)3/h7-9,12,15-16,26H,6,10-11,13-14H2,1-5H3/t15-,16-/m1/s1. The van der Waals surface area contributed by atoms with Crippen LogP contribution in [0.3, 0.4) is 0 Å². The number of fused-ring (bicyclic) bond motifs is 1. The minimum atomic E-state index is -0.0340. The molecular weight excluding hydrogens is 428 g/mol. The third kappa shape index (κ3) is 3.64. The molecule has 2 aliphatic heterocycles. The summed E-state index contributed by atoms with van der Waals surface area (Å²) in [7, 11) is 1.91. The van der Waals surface area contributed by atoms with Gasteiger partial charge in [-0.1, -0.05) is 6.07 Å². The lowest BCUT2D eigenvalue weighted by molar-refractivity contribution is 0.0996. The highest BCUT2D eigenvalue weighted by Crippen LogP contribution is 2.35. The van der Waals surface area contributed by atoms with Gasteiger partial charge in [-0.25, -0.2) is 9.97 Å². The molecule has 2 atom stereocenters. The Balaban J connectivity index is 1.53. The molecule has 1 fully saturated rings. The Kier molecular flexibility index (Phi) is 5.81. The lowest BCUT2D eigenvalue weighted by Crippen LogP contribution is -2.34. The Bertz CT molecular complexity index is 1230. The normalized spacial score (nSPS) is 19.9. The summed E-state index contributed by atoms with van der Waals surface area (Å²) in [6, 6.07) is 8.51. The van der Waals surface area contributed by atoms with Crippen molar-refractivity contribution in [2.75, 3.05) is 16.8 Å². The number of nitrogens with one attached hydrogen (secondary N) is 1. The molecule has 9 nitrogen and oxygen atoms in total. The molecular formula is C25H32N8O. The molecule has 0 spiro atoms. The highest BCUT2D eigenvalue weighted by atomic mass is 16.2. The first-order chi connectivity index (χ1) is 16.4. The number of carbonyl (C=O) groups excluding carboxylic acids is 1. The lowest BCUT2D eigenvalue weighted by atomic mass is 10.1. The number of carbonyl (C=O) groups is 1. The monoisotopic (exact) mass is 460 g/mol. The van der Waals surface area contributed by atoms with Gasteiger partial charge in [-0.3, -0.25) is 9.69 Å². The van der Waals surface area contributed by atoms with Gasteiger partial charge in [0.2, 0.25) is 0 Å². The maximum atomic E-state index is 13.6. The molecule has 1 N–H and O–H groups in total. The Labute approximate surface area is 200 Å². The van der Waals surface area contributed by atoms with Crippen molar-refractivity contribution in [2.45, 2.75) is 72.3 Å². The maximum absolute atomic E-state index is 13.6. The van der Waals surface area contributed by atoms with E-state index in [4.69, 9.17) is 9.97 Å². The summed E-state index contributed by atoms with van der Waals surface area (Å²) >= 11 is 0. The van der Waals surface area contributed by atoms with Gasteiger partial charge >= 0.3 is 0 Å². The second kappa shape index (κ2) is 8.79. The number of amides is 1. The van der Waals surface area contributed by atoms with Crippen LogP contribution in [0.5, 0.6) is 0 Å². The number of aromatic nitrogens is 5. The van der Waals surface area contributed by atoms with Crippen LogP contribution in [0.25, 0.3) is 11.5 Å². The summed E-state index contributed by atoms with van der Waals surface area (Å²) in [5.41, 5.74) is 3.33. The van der Waals surface area contributed by atoms with Crippen LogP contribution in [0.4, 0.5) is 11.6 Å². The molecule has 9 heteroatoms. The molecule has 3 aromatic rings. The van der Waals surface area contributed by atoms with Crippen LogP contribution in [0.2, 0.25) is 0 Å². The number of anilines is 2. The van der Waals surface area contributed by atoms with E-state index in [-0.39, 0.29) is 5.91 Å². The Morgan fingerprint density at radius 2 is 1.85 bits per heavy atom. The highest BCUT2D eigenvalue weighted by molar-refractivity contribution is 6.10. The Morgan fingerprint density at radius 3 is 2.56 bits per heavy atom. The van der Waals surface area contributed by atoms with Crippen LogP contribution in [-0.4, -0.2) is 49.8 Å². The summed E-state index contributed by atoms with van der Waals surface area (Å²) in [4.78, 5) is 27.6. The van der Waals surface area contributed by atoms with Crippen LogP contribution >= 0.6 is 0 Å². The first-order valence-electron chi connectivity index (χ1n) is 12.1. The van der Waals surface area contributed by atoms with Crippen molar-refractivity contribution >= 4 is 17.5 Å². The van der Waals surface area contributed by atoms with Crippen molar-refractivity contribution < 1.29 is 4.79 Å². The van der Waals surface area contributed by atoms with Crippen molar-refractivity contribution in [3.8, 4) is 11.5 Å². The van der Waals surface area contributed by atoms with Crippen molar-refractivity contribution in [3.63, 3.8) is 0 Å². The van der Waals surface area contributed by atoms with Gasteiger partial charge in [0, 0.05) is 30.7 Å². The van der Waals surface area contributed by atoms with Crippen molar-refractivity contribution in [2.24, 2.45) is 0 Å². The third-order valence-electron chi connectivity index (χ3n) is 7.04. The number of pyridine rings is 2. The van der Waals surface area contributed by atoms with E-state index in [9.17, 15) is 4.79 Å². The molecule has 0 saturated carbocycles. The smallest absolute Gasteiger partial charge is 0.260 e. The summed E-state index contributed by atoms with van der Waals surface area (Å²) in [6.07, 6.45) is 2.28. The average molecular weight is 461 g/mol. The molecule has 0 unspecified atom stereocenters. The highest BCUT2D eigenvalue weighted by Gasteiger charge is 2.35. The second-order valence-electron chi connectivity index (χ2n) is 9.25.